The maximum atomic E-state index is 13.5. The lowest BCUT2D eigenvalue weighted by atomic mass is 10.0. The van der Waals surface area contributed by atoms with E-state index in [1.54, 1.807) is 0 Å². The molecule has 0 fully saturated rings. The number of nitrogens with one attached hydrogen (secondary N) is 1. The predicted molar refractivity (Wildman–Crippen MR) is 132 cm³/mol. The first-order valence-corrected chi connectivity index (χ1v) is 11.5. The minimum absolute atomic E-state index is 0.307. The maximum Gasteiger partial charge on any atom is 0.283 e. The molecular weight excluding hydrogens is 416 g/mol. The van der Waals surface area contributed by atoms with Crippen LogP contribution in [0.15, 0.2) is 88.3 Å². The third kappa shape index (κ3) is 4.34. The third-order valence-corrected chi connectivity index (χ3v) is 6.54. The Morgan fingerprint density at radius 1 is 0.844 bits per heavy atom. The normalized spacial score (nSPS) is 14.0. The summed E-state index contributed by atoms with van der Waals surface area (Å²) in [4.78, 5) is 29.6. The first kappa shape index (κ1) is 21.9. The molecule has 0 saturated heterocycles. The van der Waals surface area contributed by atoms with Crippen molar-refractivity contribution in [3.63, 3.8) is 0 Å². The van der Waals surface area contributed by atoms with E-state index in [-0.39, 0.29) is 11.8 Å². The number of rotatable bonds is 6. The third-order valence-electron chi connectivity index (χ3n) is 5.44. The standard InChI is InChI=1S/C27H26N2O2S/c1-17(2)20-11-13-21(14-12-20)28-24-25(32-22-8-6-5-7-9-22)27(31)29(26(24)30)23-15-10-18(3)16-19(23)4/h5-17,28H,1-4H3. The highest BCUT2D eigenvalue weighted by atomic mass is 32.2. The van der Waals surface area contributed by atoms with Crippen LogP contribution in [0.1, 0.15) is 36.5 Å². The molecule has 0 aromatic heterocycles. The molecule has 0 radical (unpaired) electrons. The van der Waals surface area contributed by atoms with Crippen molar-refractivity contribution in [1.82, 2.24) is 0 Å². The van der Waals surface area contributed by atoms with Gasteiger partial charge in [-0.3, -0.25) is 9.59 Å². The fourth-order valence-electron chi connectivity index (χ4n) is 3.69. The van der Waals surface area contributed by atoms with Crippen molar-refractivity contribution in [2.75, 3.05) is 10.2 Å². The summed E-state index contributed by atoms with van der Waals surface area (Å²) < 4.78 is 0. The summed E-state index contributed by atoms with van der Waals surface area (Å²) in [7, 11) is 0. The van der Waals surface area contributed by atoms with Gasteiger partial charge >= 0.3 is 0 Å². The number of benzene rings is 3. The van der Waals surface area contributed by atoms with E-state index >= 15 is 0 Å². The van der Waals surface area contributed by atoms with Gasteiger partial charge in [0.2, 0.25) is 0 Å². The number of hydrogen-bond donors (Lipinski definition) is 1. The Labute approximate surface area is 193 Å². The highest BCUT2D eigenvalue weighted by Crippen LogP contribution is 2.38. The Hall–Kier alpha value is -3.31. The fourth-order valence-corrected chi connectivity index (χ4v) is 4.64. The van der Waals surface area contributed by atoms with Crippen molar-refractivity contribution in [2.45, 2.75) is 38.5 Å². The smallest absolute Gasteiger partial charge is 0.283 e. The lowest BCUT2D eigenvalue weighted by Gasteiger charge is -2.18. The van der Waals surface area contributed by atoms with Crippen LogP contribution in [0.25, 0.3) is 0 Å². The molecule has 1 aliphatic heterocycles. The molecule has 0 aliphatic carbocycles. The molecule has 0 saturated carbocycles. The summed E-state index contributed by atoms with van der Waals surface area (Å²) in [5.41, 5.74) is 4.89. The summed E-state index contributed by atoms with van der Waals surface area (Å²) >= 11 is 1.31. The minimum atomic E-state index is -0.340. The molecule has 162 valence electrons. The molecule has 4 nitrogen and oxygen atoms in total. The highest BCUT2D eigenvalue weighted by Gasteiger charge is 2.40. The van der Waals surface area contributed by atoms with E-state index in [4.69, 9.17) is 0 Å². The fraction of sp³-hybridized carbons (Fsp3) is 0.185. The monoisotopic (exact) mass is 442 g/mol. The van der Waals surface area contributed by atoms with Gasteiger partial charge < -0.3 is 5.32 Å². The molecule has 0 atom stereocenters. The van der Waals surface area contributed by atoms with Crippen molar-refractivity contribution in [1.29, 1.82) is 0 Å². The topological polar surface area (TPSA) is 49.4 Å². The van der Waals surface area contributed by atoms with Gasteiger partial charge in [-0.15, -0.1) is 0 Å². The van der Waals surface area contributed by atoms with Gasteiger partial charge in [0.05, 0.1) is 5.69 Å². The summed E-state index contributed by atoms with van der Waals surface area (Å²) in [6.07, 6.45) is 0. The van der Waals surface area contributed by atoms with Crippen molar-refractivity contribution < 1.29 is 9.59 Å². The molecule has 4 rings (SSSR count). The van der Waals surface area contributed by atoms with E-state index in [1.165, 1.54) is 22.2 Å². The zero-order chi connectivity index (χ0) is 22.8. The van der Waals surface area contributed by atoms with Gasteiger partial charge in [0.1, 0.15) is 10.6 Å². The van der Waals surface area contributed by atoms with Crippen LogP contribution in [0.5, 0.6) is 0 Å². The number of carbonyl (C=O) groups is 2. The molecule has 0 unspecified atom stereocenters. The van der Waals surface area contributed by atoms with E-state index in [9.17, 15) is 9.59 Å². The van der Waals surface area contributed by atoms with Crippen LogP contribution in [-0.2, 0) is 9.59 Å². The second kappa shape index (κ2) is 9.05. The Morgan fingerprint density at radius 2 is 1.53 bits per heavy atom. The summed E-state index contributed by atoms with van der Waals surface area (Å²) in [6.45, 7) is 8.19. The molecule has 0 spiro atoms. The first-order chi connectivity index (χ1) is 15.3. The molecule has 3 aromatic carbocycles. The summed E-state index contributed by atoms with van der Waals surface area (Å²) in [6, 6.07) is 23.4. The second-order valence-electron chi connectivity index (χ2n) is 8.26. The van der Waals surface area contributed by atoms with Crippen LogP contribution in [0.4, 0.5) is 11.4 Å². The van der Waals surface area contributed by atoms with Crippen molar-refractivity contribution in [2.24, 2.45) is 0 Å². The molecule has 32 heavy (non-hydrogen) atoms. The second-order valence-corrected chi connectivity index (χ2v) is 9.34. The number of hydrogen-bond acceptors (Lipinski definition) is 4. The average molecular weight is 443 g/mol. The van der Waals surface area contributed by atoms with Crippen molar-refractivity contribution in [3.8, 4) is 0 Å². The van der Waals surface area contributed by atoms with Gasteiger partial charge in [-0.25, -0.2) is 4.90 Å². The molecule has 5 heteroatoms. The Morgan fingerprint density at radius 3 is 2.16 bits per heavy atom. The quantitative estimate of drug-likeness (QED) is 0.448. The van der Waals surface area contributed by atoms with E-state index in [1.807, 2.05) is 86.6 Å². The number of imide groups is 1. The number of aryl methyl sites for hydroxylation is 2. The Bertz CT molecular complexity index is 1200. The van der Waals surface area contributed by atoms with Crippen molar-refractivity contribution >= 4 is 35.0 Å². The minimum Gasteiger partial charge on any atom is -0.350 e. The van der Waals surface area contributed by atoms with Crippen LogP contribution in [0, 0.1) is 13.8 Å². The Kier molecular flexibility index (Phi) is 6.19. The van der Waals surface area contributed by atoms with Crippen LogP contribution in [0.3, 0.4) is 0 Å². The van der Waals surface area contributed by atoms with Gasteiger partial charge in [-0.2, -0.15) is 0 Å². The highest BCUT2D eigenvalue weighted by molar-refractivity contribution is 8.04. The van der Waals surface area contributed by atoms with Gasteiger partial charge in [-0.1, -0.05) is 73.6 Å². The number of thioether (sulfide) groups is 1. The molecular formula is C27H26N2O2S. The molecule has 3 aromatic rings. The van der Waals surface area contributed by atoms with E-state index in [0.717, 1.165) is 21.7 Å². The molecule has 1 aliphatic rings. The zero-order valence-corrected chi connectivity index (χ0v) is 19.5. The first-order valence-electron chi connectivity index (χ1n) is 10.7. The van der Waals surface area contributed by atoms with Crippen LogP contribution >= 0.6 is 11.8 Å². The van der Waals surface area contributed by atoms with Gasteiger partial charge in [0.15, 0.2) is 0 Å². The number of amides is 2. The van der Waals surface area contributed by atoms with Crippen LogP contribution in [0.2, 0.25) is 0 Å². The molecule has 0 bridgehead atoms. The summed E-state index contributed by atoms with van der Waals surface area (Å²) in [5, 5.41) is 3.23. The van der Waals surface area contributed by atoms with Gasteiger partial charge in [0, 0.05) is 10.6 Å². The lowest BCUT2D eigenvalue weighted by Crippen LogP contribution is -2.33. The van der Waals surface area contributed by atoms with E-state index in [2.05, 4.69) is 19.2 Å². The number of nitrogens with zero attached hydrogens (tertiary/aromatic N) is 1. The van der Waals surface area contributed by atoms with Crippen LogP contribution in [-0.4, -0.2) is 11.8 Å². The van der Waals surface area contributed by atoms with E-state index < -0.39 is 0 Å². The largest absolute Gasteiger partial charge is 0.350 e. The average Bonchev–Trinajstić information content (AvgIpc) is 2.99. The zero-order valence-electron chi connectivity index (χ0n) is 18.7. The van der Waals surface area contributed by atoms with E-state index in [0.29, 0.717) is 22.2 Å². The number of carbonyl (C=O) groups excluding carboxylic acids is 2. The summed E-state index contributed by atoms with van der Waals surface area (Å²) in [5.74, 6) is -0.229. The molecule has 1 heterocycles. The molecule has 1 N–H and O–H groups in total. The SMILES string of the molecule is Cc1ccc(N2C(=O)C(Nc3ccc(C(C)C)cc3)=C(Sc3ccccc3)C2=O)c(C)c1. The van der Waals surface area contributed by atoms with Gasteiger partial charge in [-0.05, 0) is 61.2 Å². The predicted octanol–water partition coefficient (Wildman–Crippen LogP) is 6.42. The Balaban J connectivity index is 1.73. The lowest BCUT2D eigenvalue weighted by molar-refractivity contribution is -0.120. The maximum absolute atomic E-state index is 13.5. The van der Waals surface area contributed by atoms with Crippen LogP contribution < -0.4 is 10.2 Å². The van der Waals surface area contributed by atoms with Gasteiger partial charge in [0.25, 0.3) is 11.8 Å². The molecule has 2 amide bonds. The van der Waals surface area contributed by atoms with Crippen molar-refractivity contribution in [3.05, 3.63) is 100 Å². The number of anilines is 2.